The molecule has 0 atom stereocenters. The van der Waals surface area contributed by atoms with Crippen LogP contribution in [0, 0.1) is 0 Å². The Balaban J connectivity index is 0.00000576. The van der Waals surface area contributed by atoms with Gasteiger partial charge in [0, 0.05) is 25.6 Å². The van der Waals surface area contributed by atoms with E-state index in [1.165, 1.54) is 0 Å². The van der Waals surface area contributed by atoms with Crippen LogP contribution in [0.4, 0.5) is 0 Å². The molecule has 0 radical (unpaired) electrons. The molecule has 0 bridgehead atoms. The zero-order valence-electron chi connectivity index (χ0n) is 16.3. The molecule has 6 heteroatoms. The summed E-state index contributed by atoms with van der Waals surface area (Å²) in [6.07, 6.45) is 11.2. The van der Waals surface area contributed by atoms with Crippen LogP contribution < -0.4 is 10.6 Å². The summed E-state index contributed by atoms with van der Waals surface area (Å²) in [5.41, 5.74) is -0.379. The predicted molar refractivity (Wildman–Crippen MR) is 116 cm³/mol. The van der Waals surface area contributed by atoms with Gasteiger partial charge in [0.2, 0.25) is 0 Å². The van der Waals surface area contributed by atoms with Crippen molar-refractivity contribution in [3.63, 3.8) is 0 Å². The van der Waals surface area contributed by atoms with E-state index in [2.05, 4.69) is 34.7 Å². The summed E-state index contributed by atoms with van der Waals surface area (Å²) in [5.74, 6) is 0.823. The Labute approximate surface area is 170 Å². The fourth-order valence-electron chi connectivity index (χ4n) is 2.57. The number of halogens is 1. The maximum absolute atomic E-state index is 11.6. The number of esters is 1. The van der Waals surface area contributed by atoms with Crippen LogP contribution in [-0.4, -0.2) is 36.7 Å². The highest BCUT2D eigenvalue weighted by Crippen LogP contribution is 2.11. The number of nitrogens with one attached hydrogen (secondary N) is 2. The van der Waals surface area contributed by atoms with Gasteiger partial charge in [-0.15, -0.1) is 24.0 Å². The van der Waals surface area contributed by atoms with Gasteiger partial charge in [-0.25, -0.2) is 0 Å². The number of rotatable bonds is 9. The van der Waals surface area contributed by atoms with E-state index >= 15 is 0 Å². The summed E-state index contributed by atoms with van der Waals surface area (Å²) in [7, 11) is 0. The second-order valence-electron chi connectivity index (χ2n) is 7.30. The lowest BCUT2D eigenvalue weighted by molar-refractivity contribution is -0.154. The van der Waals surface area contributed by atoms with Crippen LogP contribution in [0.2, 0.25) is 0 Å². The second-order valence-corrected chi connectivity index (χ2v) is 7.30. The number of hydrogen-bond acceptors (Lipinski definition) is 3. The minimum Gasteiger partial charge on any atom is -0.460 e. The van der Waals surface area contributed by atoms with Crippen molar-refractivity contribution in [3.8, 4) is 0 Å². The summed E-state index contributed by atoms with van der Waals surface area (Å²) >= 11 is 0. The normalized spacial score (nSPS) is 15.0. The number of hydrogen-bond donors (Lipinski definition) is 2. The van der Waals surface area contributed by atoms with Crippen molar-refractivity contribution >= 4 is 35.9 Å². The third-order valence-corrected chi connectivity index (χ3v) is 3.67. The molecule has 0 amide bonds. The van der Waals surface area contributed by atoms with E-state index in [0.717, 1.165) is 57.6 Å². The molecule has 146 valence electrons. The van der Waals surface area contributed by atoms with Crippen molar-refractivity contribution in [2.75, 3.05) is 13.1 Å². The van der Waals surface area contributed by atoms with Gasteiger partial charge in [-0.3, -0.25) is 9.79 Å². The first-order valence-corrected chi connectivity index (χ1v) is 9.32. The van der Waals surface area contributed by atoms with E-state index in [1.54, 1.807) is 0 Å². The van der Waals surface area contributed by atoms with Gasteiger partial charge >= 0.3 is 5.97 Å². The number of carbonyl (C=O) groups is 1. The minimum absolute atomic E-state index is 0. The van der Waals surface area contributed by atoms with E-state index in [1.807, 2.05) is 20.8 Å². The summed E-state index contributed by atoms with van der Waals surface area (Å²) in [6, 6.07) is 0.483. The van der Waals surface area contributed by atoms with Gasteiger partial charge in [-0.1, -0.05) is 25.0 Å². The van der Waals surface area contributed by atoms with Crippen LogP contribution in [0.25, 0.3) is 0 Å². The number of ether oxygens (including phenoxy) is 1. The number of aliphatic imine (C=N–C) groups is 1. The highest BCUT2D eigenvalue weighted by Gasteiger charge is 2.15. The lowest BCUT2D eigenvalue weighted by Crippen LogP contribution is -2.42. The van der Waals surface area contributed by atoms with Gasteiger partial charge < -0.3 is 15.4 Å². The molecule has 0 aromatic heterocycles. The van der Waals surface area contributed by atoms with E-state index in [9.17, 15) is 4.79 Å². The zero-order valence-corrected chi connectivity index (χ0v) is 18.6. The Hall–Kier alpha value is -0.790. The lowest BCUT2D eigenvalue weighted by Gasteiger charge is -2.19. The van der Waals surface area contributed by atoms with Crippen molar-refractivity contribution in [1.29, 1.82) is 0 Å². The Kier molecular flexibility index (Phi) is 13.0. The second kappa shape index (κ2) is 13.4. The lowest BCUT2D eigenvalue weighted by atomic mass is 10.1. The van der Waals surface area contributed by atoms with Crippen molar-refractivity contribution < 1.29 is 9.53 Å². The van der Waals surface area contributed by atoms with Crippen LogP contribution in [0.5, 0.6) is 0 Å². The minimum atomic E-state index is -0.379. The molecule has 25 heavy (non-hydrogen) atoms. The molecule has 0 fully saturated rings. The summed E-state index contributed by atoms with van der Waals surface area (Å²) in [6.45, 7) is 9.49. The predicted octanol–water partition coefficient (Wildman–Crippen LogP) is 4.17. The maximum atomic E-state index is 11.6. The summed E-state index contributed by atoms with van der Waals surface area (Å²) < 4.78 is 5.30. The highest BCUT2D eigenvalue weighted by molar-refractivity contribution is 14.0. The molecule has 1 rings (SSSR count). The van der Waals surface area contributed by atoms with Gasteiger partial charge in [0.25, 0.3) is 0 Å². The van der Waals surface area contributed by atoms with Crippen LogP contribution in [0.3, 0.4) is 0 Å². The monoisotopic (exact) mass is 465 g/mol. The maximum Gasteiger partial charge on any atom is 0.306 e. The first-order valence-electron chi connectivity index (χ1n) is 9.32. The number of guanidine groups is 1. The molecule has 1 aliphatic rings. The third-order valence-electron chi connectivity index (χ3n) is 3.67. The fraction of sp³-hybridized carbons (Fsp3) is 0.789. The summed E-state index contributed by atoms with van der Waals surface area (Å²) in [4.78, 5) is 16.2. The average molecular weight is 465 g/mol. The number of nitrogens with zero attached hydrogens (tertiary/aromatic N) is 1. The Morgan fingerprint density at radius 2 is 1.80 bits per heavy atom. The summed E-state index contributed by atoms with van der Waals surface area (Å²) in [5, 5.41) is 6.77. The van der Waals surface area contributed by atoms with E-state index in [-0.39, 0.29) is 35.5 Å². The van der Waals surface area contributed by atoms with E-state index < -0.39 is 0 Å². The van der Waals surface area contributed by atoms with Gasteiger partial charge in [0.05, 0.1) is 0 Å². The fourth-order valence-corrected chi connectivity index (χ4v) is 2.57. The molecule has 5 nitrogen and oxygen atoms in total. The quantitative estimate of drug-likeness (QED) is 0.134. The number of carbonyl (C=O) groups excluding carboxylic acids is 1. The van der Waals surface area contributed by atoms with Gasteiger partial charge in [0.1, 0.15) is 5.60 Å². The van der Waals surface area contributed by atoms with Crippen LogP contribution in [0.1, 0.15) is 72.6 Å². The SMILES string of the molecule is CCNC(=NCCCCCCC(=O)OC(C)(C)C)NC1CC=CC1.I. The Morgan fingerprint density at radius 3 is 2.40 bits per heavy atom. The molecule has 0 spiro atoms. The first-order chi connectivity index (χ1) is 11.4. The standard InChI is InChI=1S/C19H35N3O2.HI/c1-5-20-18(22-16-12-9-10-13-16)21-15-11-7-6-8-14-17(23)24-19(2,3)4;/h9-10,16H,5-8,11-15H2,1-4H3,(H2,20,21,22);1H. The molecule has 0 aliphatic heterocycles. The zero-order chi connectivity index (χ0) is 17.8. The van der Waals surface area contributed by atoms with Crippen LogP contribution in [-0.2, 0) is 9.53 Å². The average Bonchev–Trinajstić information content (AvgIpc) is 2.97. The molecule has 0 aromatic carbocycles. The van der Waals surface area contributed by atoms with Crippen molar-refractivity contribution in [1.82, 2.24) is 10.6 Å². The van der Waals surface area contributed by atoms with E-state index in [4.69, 9.17) is 4.74 Å². The third kappa shape index (κ3) is 13.1. The molecule has 0 unspecified atom stereocenters. The van der Waals surface area contributed by atoms with Gasteiger partial charge in [-0.2, -0.15) is 0 Å². The first kappa shape index (κ1) is 24.2. The van der Waals surface area contributed by atoms with Crippen molar-refractivity contribution in [3.05, 3.63) is 12.2 Å². The highest BCUT2D eigenvalue weighted by atomic mass is 127. The van der Waals surface area contributed by atoms with Crippen molar-refractivity contribution in [2.24, 2.45) is 4.99 Å². The van der Waals surface area contributed by atoms with E-state index in [0.29, 0.717) is 12.5 Å². The van der Waals surface area contributed by atoms with Crippen molar-refractivity contribution in [2.45, 2.75) is 84.3 Å². The van der Waals surface area contributed by atoms with Gasteiger partial charge in [0.15, 0.2) is 5.96 Å². The molecular weight excluding hydrogens is 429 g/mol. The number of unbranched alkanes of at least 4 members (excludes halogenated alkanes) is 3. The Morgan fingerprint density at radius 1 is 1.16 bits per heavy atom. The smallest absolute Gasteiger partial charge is 0.306 e. The van der Waals surface area contributed by atoms with Gasteiger partial charge in [-0.05, 0) is 53.4 Å². The Bertz CT molecular complexity index is 423. The van der Waals surface area contributed by atoms with Crippen LogP contribution >= 0.6 is 24.0 Å². The molecule has 0 heterocycles. The molecule has 0 aromatic rings. The van der Waals surface area contributed by atoms with Crippen LogP contribution in [0.15, 0.2) is 17.1 Å². The molecule has 1 aliphatic carbocycles. The molecule has 2 N–H and O–H groups in total. The largest absolute Gasteiger partial charge is 0.460 e. The molecule has 0 saturated carbocycles. The molecule has 0 saturated heterocycles. The molecular formula is C19H36IN3O2. The topological polar surface area (TPSA) is 62.7 Å².